The molecular formula is C9H13N7O3S. The Morgan fingerprint density at radius 1 is 1.50 bits per heavy atom. The standard InChI is InChI=1S/C9H13N7O3S/c1-6(16-5-11-4-12-16)9(17)13-8-7(20(10,18)19)3-15(2)14-8/h3-6H,1-2H3,(H2,10,18,19)(H,13,14,17). The number of carbonyl (C=O) groups excluding carboxylic acids is 1. The normalized spacial score (nSPS) is 13.2. The van der Waals surface area contributed by atoms with Crippen molar-refractivity contribution in [2.45, 2.75) is 17.9 Å². The van der Waals surface area contributed by atoms with Crippen LogP contribution in [0.4, 0.5) is 5.82 Å². The molecule has 2 heterocycles. The third-order valence-corrected chi connectivity index (χ3v) is 3.47. The van der Waals surface area contributed by atoms with Crippen LogP contribution in [0.15, 0.2) is 23.7 Å². The van der Waals surface area contributed by atoms with Crippen LogP contribution in [0.25, 0.3) is 0 Å². The van der Waals surface area contributed by atoms with Crippen molar-refractivity contribution in [1.29, 1.82) is 0 Å². The number of primary sulfonamides is 1. The number of hydrogen-bond donors (Lipinski definition) is 2. The van der Waals surface area contributed by atoms with Gasteiger partial charge >= 0.3 is 0 Å². The lowest BCUT2D eigenvalue weighted by atomic mass is 10.3. The van der Waals surface area contributed by atoms with Crippen molar-refractivity contribution in [2.24, 2.45) is 12.2 Å². The number of aromatic nitrogens is 5. The predicted molar refractivity (Wildman–Crippen MR) is 67.9 cm³/mol. The number of nitrogens with one attached hydrogen (secondary N) is 1. The number of amides is 1. The fourth-order valence-electron chi connectivity index (χ4n) is 1.52. The number of anilines is 1. The van der Waals surface area contributed by atoms with Gasteiger partial charge < -0.3 is 5.32 Å². The maximum Gasteiger partial charge on any atom is 0.250 e. The molecule has 20 heavy (non-hydrogen) atoms. The van der Waals surface area contributed by atoms with E-state index in [1.165, 1.54) is 35.3 Å². The summed E-state index contributed by atoms with van der Waals surface area (Å²) in [6.07, 6.45) is 3.88. The molecule has 0 radical (unpaired) electrons. The van der Waals surface area contributed by atoms with E-state index in [1.807, 2.05) is 0 Å². The zero-order valence-electron chi connectivity index (χ0n) is 10.8. The molecule has 3 N–H and O–H groups in total. The highest BCUT2D eigenvalue weighted by atomic mass is 32.2. The van der Waals surface area contributed by atoms with Gasteiger partial charge in [0.25, 0.3) is 0 Å². The Bertz CT molecular complexity index is 719. The summed E-state index contributed by atoms with van der Waals surface area (Å²) < 4.78 is 25.4. The van der Waals surface area contributed by atoms with E-state index in [2.05, 4.69) is 20.5 Å². The molecule has 2 rings (SSSR count). The van der Waals surface area contributed by atoms with Crippen LogP contribution in [-0.4, -0.2) is 38.9 Å². The zero-order valence-corrected chi connectivity index (χ0v) is 11.6. The Balaban J connectivity index is 2.25. The second-order valence-electron chi connectivity index (χ2n) is 4.10. The summed E-state index contributed by atoms with van der Waals surface area (Å²) in [5, 5.41) is 15.2. The van der Waals surface area contributed by atoms with Crippen LogP contribution < -0.4 is 10.5 Å². The van der Waals surface area contributed by atoms with E-state index in [9.17, 15) is 13.2 Å². The van der Waals surface area contributed by atoms with E-state index in [0.29, 0.717) is 0 Å². The first-order valence-electron chi connectivity index (χ1n) is 5.50. The van der Waals surface area contributed by atoms with Crippen LogP contribution >= 0.6 is 0 Å². The Hall–Kier alpha value is -2.27. The molecule has 10 nitrogen and oxygen atoms in total. The molecule has 1 amide bonds. The number of hydrogen-bond acceptors (Lipinski definition) is 6. The van der Waals surface area contributed by atoms with Crippen molar-refractivity contribution in [3.8, 4) is 0 Å². The maximum absolute atomic E-state index is 12.0. The molecule has 0 fully saturated rings. The molecule has 11 heteroatoms. The number of aryl methyl sites for hydroxylation is 1. The van der Waals surface area contributed by atoms with Gasteiger partial charge in [0.15, 0.2) is 5.82 Å². The first kappa shape index (κ1) is 14.1. The fourth-order valence-corrected chi connectivity index (χ4v) is 2.18. The molecule has 0 aliphatic rings. The van der Waals surface area contributed by atoms with Gasteiger partial charge in [-0.15, -0.1) is 0 Å². The van der Waals surface area contributed by atoms with Gasteiger partial charge in [-0.3, -0.25) is 9.48 Å². The van der Waals surface area contributed by atoms with Crippen molar-refractivity contribution in [2.75, 3.05) is 5.32 Å². The van der Waals surface area contributed by atoms with Crippen LogP contribution in [0, 0.1) is 0 Å². The molecule has 0 bridgehead atoms. The van der Waals surface area contributed by atoms with Crippen LogP contribution in [0.3, 0.4) is 0 Å². The summed E-state index contributed by atoms with van der Waals surface area (Å²) in [6, 6.07) is -0.673. The summed E-state index contributed by atoms with van der Waals surface area (Å²) in [4.78, 5) is 15.5. The number of nitrogens with zero attached hydrogens (tertiary/aromatic N) is 5. The monoisotopic (exact) mass is 299 g/mol. The van der Waals surface area contributed by atoms with Crippen molar-refractivity contribution >= 4 is 21.7 Å². The minimum absolute atomic E-state index is 0.119. The maximum atomic E-state index is 12.0. The van der Waals surface area contributed by atoms with Gasteiger partial charge in [0.05, 0.1) is 0 Å². The highest BCUT2D eigenvalue weighted by Crippen LogP contribution is 2.18. The number of sulfonamides is 1. The van der Waals surface area contributed by atoms with Gasteiger partial charge in [-0.05, 0) is 6.92 Å². The first-order chi connectivity index (χ1) is 9.29. The summed E-state index contributed by atoms with van der Waals surface area (Å²) in [5.41, 5.74) is 0. The molecule has 0 saturated carbocycles. The summed E-state index contributed by atoms with van der Waals surface area (Å²) >= 11 is 0. The zero-order chi connectivity index (χ0) is 14.9. The SMILES string of the molecule is CC(C(=O)Nc1nn(C)cc1S(N)(=O)=O)n1cncn1. The molecule has 0 aromatic carbocycles. The smallest absolute Gasteiger partial charge is 0.250 e. The lowest BCUT2D eigenvalue weighted by Gasteiger charge is -2.11. The molecule has 0 aliphatic carbocycles. The van der Waals surface area contributed by atoms with Crippen LogP contribution in [-0.2, 0) is 21.9 Å². The third kappa shape index (κ3) is 2.83. The minimum Gasteiger partial charge on any atom is -0.306 e. The molecule has 2 aromatic heterocycles. The fraction of sp³-hybridized carbons (Fsp3) is 0.333. The lowest BCUT2D eigenvalue weighted by Crippen LogP contribution is -2.25. The predicted octanol–water partition coefficient (Wildman–Crippen LogP) is -1.14. The van der Waals surface area contributed by atoms with E-state index in [-0.39, 0.29) is 10.7 Å². The van der Waals surface area contributed by atoms with Crippen LogP contribution in [0.1, 0.15) is 13.0 Å². The lowest BCUT2D eigenvalue weighted by molar-refractivity contribution is -0.119. The van der Waals surface area contributed by atoms with Gasteiger partial charge in [-0.25, -0.2) is 23.2 Å². The molecule has 0 spiro atoms. The second kappa shape index (κ2) is 5.02. The van der Waals surface area contributed by atoms with Gasteiger partial charge in [-0.1, -0.05) is 0 Å². The molecule has 1 atom stereocenters. The van der Waals surface area contributed by atoms with Crippen LogP contribution in [0.2, 0.25) is 0 Å². The number of nitrogens with two attached hydrogens (primary N) is 1. The van der Waals surface area contributed by atoms with Gasteiger partial charge in [0.2, 0.25) is 15.9 Å². The Morgan fingerprint density at radius 3 is 2.75 bits per heavy atom. The molecule has 0 saturated heterocycles. The second-order valence-corrected chi connectivity index (χ2v) is 5.63. The van der Waals surface area contributed by atoms with Crippen molar-refractivity contribution in [1.82, 2.24) is 24.5 Å². The summed E-state index contributed by atoms with van der Waals surface area (Å²) in [5.74, 6) is -0.605. The van der Waals surface area contributed by atoms with E-state index in [1.54, 1.807) is 6.92 Å². The highest BCUT2D eigenvalue weighted by molar-refractivity contribution is 7.89. The minimum atomic E-state index is -3.97. The van der Waals surface area contributed by atoms with Crippen LogP contribution in [0.5, 0.6) is 0 Å². The summed E-state index contributed by atoms with van der Waals surface area (Å²) in [6.45, 7) is 1.59. The Labute approximate surface area is 114 Å². The quantitative estimate of drug-likeness (QED) is 0.731. The number of carbonyl (C=O) groups is 1. The van der Waals surface area contributed by atoms with Crippen molar-refractivity contribution in [3.63, 3.8) is 0 Å². The molecular weight excluding hydrogens is 286 g/mol. The number of rotatable bonds is 4. The van der Waals surface area contributed by atoms with Gasteiger partial charge in [-0.2, -0.15) is 10.2 Å². The molecule has 108 valence electrons. The Kier molecular flexibility index (Phi) is 3.55. The average Bonchev–Trinajstić information content (AvgIpc) is 2.96. The molecule has 2 aromatic rings. The third-order valence-electron chi connectivity index (χ3n) is 2.56. The average molecular weight is 299 g/mol. The van der Waals surface area contributed by atoms with Gasteiger partial charge in [0, 0.05) is 13.2 Å². The topological polar surface area (TPSA) is 138 Å². The largest absolute Gasteiger partial charge is 0.306 e. The first-order valence-corrected chi connectivity index (χ1v) is 7.05. The van der Waals surface area contributed by atoms with E-state index >= 15 is 0 Å². The van der Waals surface area contributed by atoms with E-state index in [0.717, 1.165) is 0 Å². The van der Waals surface area contributed by atoms with Crippen molar-refractivity contribution in [3.05, 3.63) is 18.9 Å². The molecule has 0 aliphatic heterocycles. The summed E-state index contributed by atoms with van der Waals surface area (Å²) in [7, 11) is -2.45. The van der Waals surface area contributed by atoms with E-state index in [4.69, 9.17) is 5.14 Å². The van der Waals surface area contributed by atoms with Crippen molar-refractivity contribution < 1.29 is 13.2 Å². The highest BCUT2D eigenvalue weighted by Gasteiger charge is 2.23. The molecule has 1 unspecified atom stereocenters. The van der Waals surface area contributed by atoms with Gasteiger partial charge in [0.1, 0.15) is 23.6 Å². The Morgan fingerprint density at radius 2 is 2.20 bits per heavy atom. The van der Waals surface area contributed by atoms with E-state index < -0.39 is 22.0 Å².